The van der Waals surface area contributed by atoms with Crippen LogP contribution in [-0.2, 0) is 15.1 Å². The molecule has 0 heterocycles. The second-order valence-corrected chi connectivity index (χ2v) is 6.70. The van der Waals surface area contributed by atoms with E-state index in [-0.39, 0.29) is 0 Å². The van der Waals surface area contributed by atoms with Crippen LogP contribution in [0.1, 0.15) is 38.8 Å². The molecule has 5 heteroatoms. The molecule has 1 atom stereocenters. The second kappa shape index (κ2) is 6.06. The summed E-state index contributed by atoms with van der Waals surface area (Å²) in [5, 5.41) is 0.444. The van der Waals surface area contributed by atoms with Gasteiger partial charge in [-0.2, -0.15) is 0 Å². The third-order valence-corrected chi connectivity index (χ3v) is 3.58. The molecule has 0 fully saturated rings. The van der Waals surface area contributed by atoms with Crippen LogP contribution < -0.4 is 0 Å². The van der Waals surface area contributed by atoms with Gasteiger partial charge >= 0.3 is 6.09 Å². The smallest absolute Gasteiger partial charge is 0.411 e. The van der Waals surface area contributed by atoms with Crippen molar-refractivity contribution in [3.8, 4) is 0 Å². The normalized spacial score (nSPS) is 14.2. The van der Waals surface area contributed by atoms with E-state index in [0.29, 0.717) is 16.9 Å². The first-order valence-electron chi connectivity index (χ1n) is 6.71. The molecule has 0 aliphatic rings. The third-order valence-electron chi connectivity index (χ3n) is 3.26. The van der Waals surface area contributed by atoms with Crippen molar-refractivity contribution in [3.05, 3.63) is 34.3 Å². The predicted molar refractivity (Wildman–Crippen MR) is 83.6 cm³/mol. The number of benzene rings is 1. The number of halogens is 1. The summed E-state index contributed by atoms with van der Waals surface area (Å²) in [5.41, 5.74) is -0.269. The fraction of sp³-hybridized carbons (Fsp3) is 0.500. The highest BCUT2D eigenvalue weighted by atomic mass is 35.5. The molecule has 1 unspecified atom stereocenters. The quantitative estimate of drug-likeness (QED) is 0.795. The van der Waals surface area contributed by atoms with E-state index in [0.717, 1.165) is 5.56 Å². The molecule has 0 saturated heterocycles. The first-order chi connectivity index (χ1) is 9.51. The molecular formula is C16H22ClNO3. The number of aldehydes is 1. The first kappa shape index (κ1) is 17.5. The first-order valence-corrected chi connectivity index (χ1v) is 7.09. The molecule has 1 aromatic carbocycles. The molecule has 4 nitrogen and oxygen atoms in total. The van der Waals surface area contributed by atoms with Crippen LogP contribution >= 0.6 is 11.6 Å². The molecule has 21 heavy (non-hydrogen) atoms. The zero-order valence-electron chi connectivity index (χ0n) is 13.4. The van der Waals surface area contributed by atoms with Crippen molar-refractivity contribution in [2.24, 2.45) is 0 Å². The van der Waals surface area contributed by atoms with E-state index < -0.39 is 17.2 Å². The van der Waals surface area contributed by atoms with E-state index in [9.17, 15) is 9.59 Å². The highest BCUT2D eigenvalue weighted by Crippen LogP contribution is 2.32. The SMILES string of the molecule is Cc1ccc(C(C)(C=O)N(C)C(=O)OC(C)(C)C)c(Cl)c1. The summed E-state index contributed by atoms with van der Waals surface area (Å²) in [7, 11) is 1.53. The van der Waals surface area contributed by atoms with Crippen LogP contribution in [0.25, 0.3) is 0 Å². The van der Waals surface area contributed by atoms with Crippen molar-refractivity contribution in [1.29, 1.82) is 0 Å². The monoisotopic (exact) mass is 311 g/mol. The Morgan fingerprint density at radius 2 is 1.86 bits per heavy atom. The Bertz CT molecular complexity index is 551. The number of rotatable bonds is 3. The molecule has 0 spiro atoms. The van der Waals surface area contributed by atoms with Crippen molar-refractivity contribution < 1.29 is 14.3 Å². The highest BCUT2D eigenvalue weighted by molar-refractivity contribution is 6.31. The average Bonchev–Trinajstić information content (AvgIpc) is 2.34. The lowest BCUT2D eigenvalue weighted by Crippen LogP contribution is -2.48. The van der Waals surface area contributed by atoms with Gasteiger partial charge in [0, 0.05) is 17.6 Å². The number of amides is 1. The molecule has 1 amide bonds. The number of hydrogen-bond donors (Lipinski definition) is 0. The molecule has 1 rings (SSSR count). The number of aryl methyl sites for hydroxylation is 1. The maximum absolute atomic E-state index is 12.2. The van der Waals surface area contributed by atoms with E-state index in [4.69, 9.17) is 16.3 Å². The minimum absolute atomic E-state index is 0.444. The Morgan fingerprint density at radius 1 is 1.29 bits per heavy atom. The van der Waals surface area contributed by atoms with Crippen LogP contribution in [0.3, 0.4) is 0 Å². The number of carbonyl (C=O) groups is 2. The van der Waals surface area contributed by atoms with Crippen LogP contribution in [0.15, 0.2) is 18.2 Å². The number of carbonyl (C=O) groups excluding carboxylic acids is 2. The van der Waals surface area contributed by atoms with Crippen molar-refractivity contribution in [3.63, 3.8) is 0 Å². The van der Waals surface area contributed by atoms with Gasteiger partial charge in [0.05, 0.1) is 0 Å². The lowest BCUT2D eigenvalue weighted by molar-refractivity contribution is -0.117. The van der Waals surface area contributed by atoms with Crippen LogP contribution in [0, 0.1) is 6.92 Å². The van der Waals surface area contributed by atoms with Crippen molar-refractivity contribution in [2.45, 2.75) is 45.8 Å². The Morgan fingerprint density at radius 3 is 2.29 bits per heavy atom. The largest absolute Gasteiger partial charge is 0.444 e. The van der Waals surface area contributed by atoms with Gasteiger partial charge < -0.3 is 9.53 Å². The van der Waals surface area contributed by atoms with Crippen molar-refractivity contribution >= 4 is 24.0 Å². The maximum atomic E-state index is 12.2. The molecule has 0 saturated carbocycles. The summed E-state index contributed by atoms with van der Waals surface area (Å²) in [5.74, 6) is 0. The minimum atomic E-state index is -1.19. The Kier molecular flexibility index (Phi) is 5.05. The molecule has 0 aliphatic carbocycles. The van der Waals surface area contributed by atoms with Crippen LogP contribution in [0.4, 0.5) is 4.79 Å². The fourth-order valence-corrected chi connectivity index (χ4v) is 2.30. The van der Waals surface area contributed by atoms with Crippen LogP contribution in [0.2, 0.25) is 5.02 Å². The molecule has 0 N–H and O–H groups in total. The van der Waals surface area contributed by atoms with Gasteiger partial charge in [-0.1, -0.05) is 23.7 Å². The van der Waals surface area contributed by atoms with E-state index in [1.54, 1.807) is 39.8 Å². The van der Waals surface area contributed by atoms with Crippen molar-refractivity contribution in [1.82, 2.24) is 4.90 Å². The van der Waals surface area contributed by atoms with Gasteiger partial charge in [0.15, 0.2) is 0 Å². The fourth-order valence-electron chi connectivity index (χ4n) is 1.87. The summed E-state index contributed by atoms with van der Waals surface area (Å²) < 4.78 is 5.32. The Balaban J connectivity index is 3.20. The van der Waals surface area contributed by atoms with Gasteiger partial charge in [-0.25, -0.2) is 4.79 Å². The summed E-state index contributed by atoms with van der Waals surface area (Å²) in [6, 6.07) is 5.38. The van der Waals surface area contributed by atoms with Gasteiger partial charge in [0.25, 0.3) is 0 Å². The van der Waals surface area contributed by atoms with Gasteiger partial charge in [-0.15, -0.1) is 0 Å². The second-order valence-electron chi connectivity index (χ2n) is 6.29. The van der Waals surface area contributed by atoms with Gasteiger partial charge in [0.2, 0.25) is 0 Å². The zero-order chi connectivity index (χ0) is 16.4. The Labute approximate surface area is 131 Å². The average molecular weight is 312 g/mol. The van der Waals surface area contributed by atoms with Crippen LogP contribution in [-0.4, -0.2) is 29.9 Å². The summed E-state index contributed by atoms with van der Waals surface area (Å²) in [6.45, 7) is 8.87. The van der Waals surface area contributed by atoms with Gasteiger partial charge in [-0.05, 0) is 46.2 Å². The van der Waals surface area contributed by atoms with Crippen molar-refractivity contribution in [2.75, 3.05) is 7.05 Å². The van der Waals surface area contributed by atoms with Crippen LogP contribution in [0.5, 0.6) is 0 Å². The molecule has 116 valence electrons. The topological polar surface area (TPSA) is 46.6 Å². The van der Waals surface area contributed by atoms with E-state index in [1.807, 2.05) is 13.0 Å². The predicted octanol–water partition coefficient (Wildman–Crippen LogP) is 3.93. The molecule has 0 bridgehead atoms. The lowest BCUT2D eigenvalue weighted by atomic mass is 9.91. The summed E-state index contributed by atoms with van der Waals surface area (Å²) >= 11 is 6.24. The molecule has 0 aliphatic heterocycles. The molecule has 1 aromatic rings. The minimum Gasteiger partial charge on any atom is -0.444 e. The standard InChI is InChI=1S/C16H22ClNO3/c1-11-7-8-12(13(17)9-11)16(5,10-19)18(6)14(20)21-15(2,3)4/h7-10H,1-6H3. The van der Waals surface area contributed by atoms with E-state index in [2.05, 4.69) is 0 Å². The molecular weight excluding hydrogens is 290 g/mol. The molecule has 0 radical (unpaired) electrons. The van der Waals surface area contributed by atoms with E-state index >= 15 is 0 Å². The Hall–Kier alpha value is -1.55. The maximum Gasteiger partial charge on any atom is 0.411 e. The lowest BCUT2D eigenvalue weighted by Gasteiger charge is -2.36. The van der Waals surface area contributed by atoms with Gasteiger partial charge in [0.1, 0.15) is 17.4 Å². The number of ether oxygens (including phenoxy) is 1. The third kappa shape index (κ3) is 3.97. The number of nitrogens with zero attached hydrogens (tertiary/aromatic N) is 1. The number of hydrogen-bond acceptors (Lipinski definition) is 3. The van der Waals surface area contributed by atoms with Gasteiger partial charge in [-0.3, -0.25) is 4.90 Å². The highest BCUT2D eigenvalue weighted by Gasteiger charge is 2.38. The molecule has 0 aromatic heterocycles. The summed E-state index contributed by atoms with van der Waals surface area (Å²) in [4.78, 5) is 25.2. The zero-order valence-corrected chi connectivity index (χ0v) is 14.1. The van der Waals surface area contributed by atoms with E-state index in [1.165, 1.54) is 11.9 Å². The number of likely N-dealkylation sites (N-methyl/N-ethyl adjacent to an activating group) is 1. The summed E-state index contributed by atoms with van der Waals surface area (Å²) in [6.07, 6.45) is 0.127.